The maximum atomic E-state index is 12.0. The van der Waals surface area contributed by atoms with Gasteiger partial charge in [-0.25, -0.2) is 4.79 Å². The molecule has 6 heteroatoms. The molecule has 1 aromatic carbocycles. The van der Waals surface area contributed by atoms with Crippen LogP contribution < -0.4 is 10.6 Å². The molecular weight excluding hydrogens is 318 g/mol. The molecule has 140 valence electrons. The highest BCUT2D eigenvalue weighted by atomic mass is 16.4. The number of hydrogen-bond donors (Lipinski definition) is 3. The molecule has 0 aliphatic rings. The SMILES string of the molecule is CN(CCCNC(=O)NC(CC(=O)O)C(C)(C)C)Cc1ccccc1. The van der Waals surface area contributed by atoms with Crippen LogP contribution in [-0.4, -0.2) is 48.2 Å². The zero-order chi connectivity index (χ0) is 18.9. The molecule has 6 nitrogen and oxygen atoms in total. The molecule has 0 bridgehead atoms. The van der Waals surface area contributed by atoms with Crippen LogP contribution >= 0.6 is 0 Å². The second kappa shape index (κ2) is 10.0. The average Bonchev–Trinajstić information content (AvgIpc) is 2.50. The Morgan fingerprint density at radius 3 is 2.40 bits per heavy atom. The van der Waals surface area contributed by atoms with E-state index in [1.807, 2.05) is 39.0 Å². The summed E-state index contributed by atoms with van der Waals surface area (Å²) >= 11 is 0. The van der Waals surface area contributed by atoms with E-state index in [-0.39, 0.29) is 17.9 Å². The number of nitrogens with one attached hydrogen (secondary N) is 2. The fourth-order valence-electron chi connectivity index (χ4n) is 2.48. The highest BCUT2D eigenvalue weighted by Crippen LogP contribution is 2.21. The summed E-state index contributed by atoms with van der Waals surface area (Å²) in [6, 6.07) is 9.52. The largest absolute Gasteiger partial charge is 0.481 e. The first-order chi connectivity index (χ1) is 11.7. The van der Waals surface area contributed by atoms with Crippen molar-refractivity contribution in [1.29, 1.82) is 0 Å². The minimum atomic E-state index is -0.914. The summed E-state index contributed by atoms with van der Waals surface area (Å²) in [5, 5.41) is 14.6. The molecule has 25 heavy (non-hydrogen) atoms. The maximum Gasteiger partial charge on any atom is 0.315 e. The highest BCUT2D eigenvalue weighted by Gasteiger charge is 2.28. The Morgan fingerprint density at radius 1 is 1.20 bits per heavy atom. The molecule has 0 saturated heterocycles. The fraction of sp³-hybridized carbons (Fsp3) is 0.579. The van der Waals surface area contributed by atoms with E-state index in [0.717, 1.165) is 19.5 Å². The Kier molecular flexibility index (Phi) is 8.41. The first-order valence-corrected chi connectivity index (χ1v) is 8.67. The van der Waals surface area contributed by atoms with E-state index >= 15 is 0 Å². The number of carbonyl (C=O) groups excluding carboxylic acids is 1. The highest BCUT2D eigenvalue weighted by molar-refractivity contribution is 5.75. The van der Waals surface area contributed by atoms with Gasteiger partial charge in [0.1, 0.15) is 0 Å². The molecule has 0 heterocycles. The fourth-order valence-corrected chi connectivity index (χ4v) is 2.48. The van der Waals surface area contributed by atoms with Crippen molar-refractivity contribution in [3.8, 4) is 0 Å². The lowest BCUT2D eigenvalue weighted by molar-refractivity contribution is -0.138. The van der Waals surface area contributed by atoms with Crippen molar-refractivity contribution in [2.45, 2.75) is 46.2 Å². The lowest BCUT2D eigenvalue weighted by Gasteiger charge is -2.30. The number of amides is 2. The Labute approximate surface area is 150 Å². The maximum absolute atomic E-state index is 12.0. The molecule has 1 aromatic rings. The number of carboxylic acid groups (broad SMARTS) is 1. The molecule has 0 saturated carbocycles. The number of carbonyl (C=O) groups is 2. The van der Waals surface area contributed by atoms with E-state index in [1.54, 1.807) is 0 Å². The van der Waals surface area contributed by atoms with Crippen molar-refractivity contribution >= 4 is 12.0 Å². The topological polar surface area (TPSA) is 81.7 Å². The van der Waals surface area contributed by atoms with Crippen molar-refractivity contribution in [3.63, 3.8) is 0 Å². The summed E-state index contributed by atoms with van der Waals surface area (Å²) in [7, 11) is 2.05. The molecule has 0 aliphatic heterocycles. The Morgan fingerprint density at radius 2 is 1.84 bits per heavy atom. The van der Waals surface area contributed by atoms with E-state index in [4.69, 9.17) is 5.11 Å². The summed E-state index contributed by atoms with van der Waals surface area (Å²) in [5.41, 5.74) is 0.948. The summed E-state index contributed by atoms with van der Waals surface area (Å²) in [4.78, 5) is 25.1. The number of aliphatic carboxylic acids is 1. The molecule has 0 spiro atoms. The van der Waals surface area contributed by atoms with Gasteiger partial charge in [0, 0.05) is 19.1 Å². The van der Waals surface area contributed by atoms with Crippen LogP contribution in [0.2, 0.25) is 0 Å². The second-order valence-corrected chi connectivity index (χ2v) is 7.49. The van der Waals surface area contributed by atoms with Crippen molar-refractivity contribution in [2.24, 2.45) is 5.41 Å². The Hall–Kier alpha value is -2.08. The van der Waals surface area contributed by atoms with E-state index in [9.17, 15) is 9.59 Å². The quantitative estimate of drug-likeness (QED) is 0.599. The van der Waals surface area contributed by atoms with E-state index < -0.39 is 12.0 Å². The van der Waals surface area contributed by atoms with Gasteiger partial charge >= 0.3 is 12.0 Å². The summed E-state index contributed by atoms with van der Waals surface area (Å²) in [6.07, 6.45) is 0.743. The standard InChI is InChI=1S/C19H31N3O3/c1-19(2,3)16(13-17(23)24)21-18(25)20-11-8-12-22(4)14-15-9-6-5-7-10-15/h5-7,9-10,16H,8,11-14H2,1-4H3,(H,23,24)(H2,20,21,25). The van der Waals surface area contributed by atoms with Gasteiger partial charge < -0.3 is 20.6 Å². The zero-order valence-electron chi connectivity index (χ0n) is 15.7. The van der Waals surface area contributed by atoms with Crippen LogP contribution in [0, 0.1) is 5.41 Å². The van der Waals surface area contributed by atoms with Crippen LogP contribution in [0.25, 0.3) is 0 Å². The number of rotatable bonds is 9. The second-order valence-electron chi connectivity index (χ2n) is 7.49. The minimum Gasteiger partial charge on any atom is -0.481 e. The molecule has 1 rings (SSSR count). The summed E-state index contributed by atoms with van der Waals surface area (Å²) in [5.74, 6) is -0.914. The number of hydrogen-bond acceptors (Lipinski definition) is 3. The lowest BCUT2D eigenvalue weighted by atomic mass is 9.85. The van der Waals surface area contributed by atoms with Crippen LogP contribution in [0.1, 0.15) is 39.2 Å². The number of urea groups is 1. The minimum absolute atomic E-state index is 0.0866. The molecule has 0 fully saturated rings. The van der Waals surface area contributed by atoms with Crippen LogP contribution in [0.4, 0.5) is 4.79 Å². The van der Waals surface area contributed by atoms with Gasteiger partial charge in [0.15, 0.2) is 0 Å². The van der Waals surface area contributed by atoms with E-state index in [2.05, 4.69) is 34.7 Å². The van der Waals surface area contributed by atoms with Crippen LogP contribution in [0.5, 0.6) is 0 Å². The zero-order valence-corrected chi connectivity index (χ0v) is 15.7. The van der Waals surface area contributed by atoms with Gasteiger partial charge in [-0.1, -0.05) is 51.1 Å². The van der Waals surface area contributed by atoms with Gasteiger partial charge in [-0.3, -0.25) is 4.79 Å². The molecule has 1 unspecified atom stereocenters. The average molecular weight is 349 g/mol. The van der Waals surface area contributed by atoms with Crippen molar-refractivity contribution in [2.75, 3.05) is 20.1 Å². The Balaban J connectivity index is 2.28. The lowest BCUT2D eigenvalue weighted by Crippen LogP contribution is -2.49. The summed E-state index contributed by atoms with van der Waals surface area (Å²) < 4.78 is 0. The first-order valence-electron chi connectivity index (χ1n) is 8.67. The Bertz CT molecular complexity index is 541. The molecule has 2 amide bonds. The van der Waals surface area contributed by atoms with Gasteiger partial charge in [-0.2, -0.15) is 0 Å². The van der Waals surface area contributed by atoms with Crippen molar-refractivity contribution in [3.05, 3.63) is 35.9 Å². The molecule has 3 N–H and O–H groups in total. The van der Waals surface area contributed by atoms with Gasteiger partial charge in [-0.05, 0) is 31.0 Å². The van der Waals surface area contributed by atoms with Gasteiger partial charge in [-0.15, -0.1) is 0 Å². The normalized spacial score (nSPS) is 12.7. The van der Waals surface area contributed by atoms with Gasteiger partial charge in [0.2, 0.25) is 0 Å². The third-order valence-corrected chi connectivity index (χ3v) is 4.03. The molecule has 0 radical (unpaired) electrons. The monoisotopic (exact) mass is 349 g/mol. The molecule has 0 aromatic heterocycles. The van der Waals surface area contributed by atoms with Crippen LogP contribution in [0.3, 0.4) is 0 Å². The van der Waals surface area contributed by atoms with E-state index in [1.165, 1.54) is 5.56 Å². The molecule has 1 atom stereocenters. The van der Waals surface area contributed by atoms with Crippen molar-refractivity contribution < 1.29 is 14.7 Å². The molecule has 0 aliphatic carbocycles. The number of carboxylic acids is 1. The van der Waals surface area contributed by atoms with Crippen LogP contribution in [-0.2, 0) is 11.3 Å². The predicted octanol–water partition coefficient (Wildman–Crippen LogP) is 2.70. The van der Waals surface area contributed by atoms with Crippen molar-refractivity contribution in [1.82, 2.24) is 15.5 Å². The van der Waals surface area contributed by atoms with E-state index in [0.29, 0.717) is 6.54 Å². The smallest absolute Gasteiger partial charge is 0.315 e. The summed E-state index contributed by atoms with van der Waals surface area (Å²) in [6.45, 7) is 8.04. The third-order valence-electron chi connectivity index (χ3n) is 4.03. The number of benzene rings is 1. The van der Waals surface area contributed by atoms with Gasteiger partial charge in [0.05, 0.1) is 6.42 Å². The molecular formula is C19H31N3O3. The van der Waals surface area contributed by atoms with Crippen LogP contribution in [0.15, 0.2) is 30.3 Å². The van der Waals surface area contributed by atoms with Gasteiger partial charge in [0.25, 0.3) is 0 Å². The predicted molar refractivity (Wildman–Crippen MR) is 99.4 cm³/mol. The number of nitrogens with zero attached hydrogens (tertiary/aromatic N) is 1. The third kappa shape index (κ3) is 9.10. The first kappa shape index (κ1) is 21.0.